The Morgan fingerprint density at radius 1 is 0.793 bits per heavy atom. The van der Waals surface area contributed by atoms with Gasteiger partial charge in [0.15, 0.2) is 6.29 Å². The lowest BCUT2D eigenvalue weighted by Crippen LogP contribution is -2.38. The molecule has 1 aliphatic rings. The van der Waals surface area contributed by atoms with Crippen LogP contribution in [0.1, 0.15) is 117 Å². The number of esters is 1. The van der Waals surface area contributed by atoms with Crippen molar-refractivity contribution in [2.75, 3.05) is 13.2 Å². The van der Waals surface area contributed by atoms with E-state index in [1.165, 1.54) is 70.6 Å². The van der Waals surface area contributed by atoms with E-state index in [4.69, 9.17) is 14.2 Å². The maximum atomic E-state index is 11.9. The Morgan fingerprint density at radius 2 is 1.34 bits per heavy atom. The van der Waals surface area contributed by atoms with E-state index in [2.05, 4.69) is 26.0 Å². The summed E-state index contributed by atoms with van der Waals surface area (Å²) in [6, 6.07) is 0. The third-order valence-corrected chi connectivity index (χ3v) is 5.40. The van der Waals surface area contributed by atoms with Gasteiger partial charge in [0.05, 0.1) is 13.2 Å². The van der Waals surface area contributed by atoms with Crippen molar-refractivity contribution in [3.8, 4) is 0 Å². The van der Waals surface area contributed by atoms with E-state index >= 15 is 0 Å². The van der Waals surface area contributed by atoms with Gasteiger partial charge >= 0.3 is 5.97 Å². The van der Waals surface area contributed by atoms with Gasteiger partial charge in [0.2, 0.25) is 0 Å². The summed E-state index contributed by atoms with van der Waals surface area (Å²) < 4.78 is 16.6. The summed E-state index contributed by atoms with van der Waals surface area (Å²) in [5, 5.41) is 0. The van der Waals surface area contributed by atoms with Crippen molar-refractivity contribution in [3.05, 3.63) is 12.2 Å². The molecule has 0 spiro atoms. The van der Waals surface area contributed by atoms with Crippen LogP contribution in [0.5, 0.6) is 0 Å². The van der Waals surface area contributed by atoms with Crippen LogP contribution in [0.3, 0.4) is 0 Å². The predicted molar refractivity (Wildman–Crippen MR) is 120 cm³/mol. The molecule has 0 aromatic carbocycles. The summed E-state index contributed by atoms with van der Waals surface area (Å²) in [6.07, 6.45) is 23.2. The molecule has 4 heteroatoms. The minimum Gasteiger partial charge on any atom is -0.457 e. The lowest BCUT2D eigenvalue weighted by atomic mass is 10.1. The summed E-state index contributed by atoms with van der Waals surface area (Å²) in [5.74, 6) is -0.112. The van der Waals surface area contributed by atoms with Crippen LogP contribution in [-0.4, -0.2) is 31.6 Å². The second kappa shape index (κ2) is 19.1. The lowest BCUT2D eigenvalue weighted by Gasteiger charge is -2.28. The molecule has 0 aromatic heterocycles. The average molecular weight is 411 g/mol. The van der Waals surface area contributed by atoms with E-state index < -0.39 is 0 Å². The molecule has 170 valence electrons. The molecular weight excluding hydrogens is 364 g/mol. The molecule has 0 aromatic rings. The fourth-order valence-electron chi connectivity index (χ4n) is 3.58. The minimum atomic E-state index is -0.234. The number of hydrogen-bond acceptors (Lipinski definition) is 4. The Bertz CT molecular complexity index is 400. The molecule has 0 bridgehead atoms. The van der Waals surface area contributed by atoms with Crippen molar-refractivity contribution in [3.63, 3.8) is 0 Å². The van der Waals surface area contributed by atoms with Crippen LogP contribution in [-0.2, 0) is 19.0 Å². The number of rotatable bonds is 18. The molecule has 1 saturated heterocycles. The quantitative estimate of drug-likeness (QED) is 0.137. The third-order valence-electron chi connectivity index (χ3n) is 5.40. The zero-order valence-corrected chi connectivity index (χ0v) is 19.2. The highest BCUT2D eigenvalue weighted by Gasteiger charge is 2.24. The highest BCUT2D eigenvalue weighted by molar-refractivity contribution is 5.69. The molecule has 1 heterocycles. The summed E-state index contributed by atoms with van der Waals surface area (Å²) >= 11 is 0. The van der Waals surface area contributed by atoms with Crippen molar-refractivity contribution in [1.29, 1.82) is 0 Å². The second-order valence-electron chi connectivity index (χ2n) is 8.33. The van der Waals surface area contributed by atoms with Crippen LogP contribution in [0.4, 0.5) is 0 Å². The zero-order valence-electron chi connectivity index (χ0n) is 19.2. The molecule has 1 fully saturated rings. The van der Waals surface area contributed by atoms with Crippen molar-refractivity contribution < 1.29 is 19.0 Å². The number of carbonyl (C=O) groups excluding carboxylic acids is 1. The van der Waals surface area contributed by atoms with Gasteiger partial charge in [-0.3, -0.25) is 4.79 Å². The summed E-state index contributed by atoms with van der Waals surface area (Å²) in [5.41, 5.74) is 0. The van der Waals surface area contributed by atoms with Gasteiger partial charge < -0.3 is 14.2 Å². The molecule has 0 radical (unpaired) electrons. The van der Waals surface area contributed by atoms with Gasteiger partial charge in [-0.05, 0) is 38.5 Å². The Hall–Kier alpha value is -0.870. The van der Waals surface area contributed by atoms with Crippen molar-refractivity contribution >= 4 is 5.97 Å². The lowest BCUT2D eigenvalue weighted by molar-refractivity contribution is -0.227. The highest BCUT2D eigenvalue weighted by atomic mass is 16.7. The highest BCUT2D eigenvalue weighted by Crippen LogP contribution is 2.15. The number of carbonyl (C=O) groups is 1. The van der Waals surface area contributed by atoms with Gasteiger partial charge in [0, 0.05) is 6.42 Å². The Morgan fingerprint density at radius 3 is 1.93 bits per heavy atom. The molecule has 0 saturated carbocycles. The largest absolute Gasteiger partial charge is 0.457 e. The SMILES string of the molecule is CCCCCC=CCCCCCCCCCCC(=O)OC1COC(CCC)OC1. The Kier molecular flexibility index (Phi) is 17.2. The monoisotopic (exact) mass is 410 g/mol. The maximum Gasteiger partial charge on any atom is 0.306 e. The fraction of sp³-hybridized carbons (Fsp3) is 0.880. The molecule has 4 nitrogen and oxygen atoms in total. The summed E-state index contributed by atoms with van der Waals surface area (Å²) in [6.45, 7) is 5.29. The first-order valence-corrected chi connectivity index (χ1v) is 12.3. The van der Waals surface area contributed by atoms with Crippen LogP contribution in [0.2, 0.25) is 0 Å². The van der Waals surface area contributed by atoms with Crippen LogP contribution < -0.4 is 0 Å². The summed E-state index contributed by atoms with van der Waals surface area (Å²) in [4.78, 5) is 11.9. The van der Waals surface area contributed by atoms with Crippen molar-refractivity contribution in [2.45, 2.75) is 129 Å². The van der Waals surface area contributed by atoms with E-state index in [1.807, 2.05) is 0 Å². The standard InChI is InChI=1S/C25H46O4/c1-3-5-6-7-8-9-10-11-12-13-14-15-16-17-18-20-24(26)29-23-21-27-25(19-4-2)28-22-23/h8-9,23,25H,3-7,10-22H2,1-2H3. The number of ether oxygens (including phenoxy) is 3. The first-order chi connectivity index (χ1) is 14.3. The first kappa shape index (κ1) is 26.2. The Balaban J connectivity index is 1.82. The molecule has 0 amide bonds. The molecule has 1 rings (SSSR count). The van der Waals surface area contributed by atoms with Gasteiger partial charge in [-0.1, -0.05) is 83.8 Å². The van der Waals surface area contributed by atoms with E-state index in [0.717, 1.165) is 25.7 Å². The van der Waals surface area contributed by atoms with Crippen molar-refractivity contribution in [2.24, 2.45) is 0 Å². The van der Waals surface area contributed by atoms with E-state index in [1.54, 1.807) is 0 Å². The first-order valence-electron chi connectivity index (χ1n) is 12.3. The predicted octanol–water partition coefficient (Wildman–Crippen LogP) is 7.11. The van der Waals surface area contributed by atoms with Crippen LogP contribution >= 0.6 is 0 Å². The third kappa shape index (κ3) is 15.6. The summed E-state index contributed by atoms with van der Waals surface area (Å²) in [7, 11) is 0. The zero-order chi connectivity index (χ0) is 21.0. The minimum absolute atomic E-state index is 0.112. The molecule has 0 unspecified atom stereocenters. The average Bonchev–Trinajstić information content (AvgIpc) is 2.72. The molecule has 1 aliphatic heterocycles. The smallest absolute Gasteiger partial charge is 0.306 e. The van der Waals surface area contributed by atoms with Gasteiger partial charge in [0.25, 0.3) is 0 Å². The Labute approximate surface area is 179 Å². The normalized spacial score (nSPS) is 19.7. The van der Waals surface area contributed by atoms with E-state index in [-0.39, 0.29) is 18.4 Å². The van der Waals surface area contributed by atoms with E-state index in [9.17, 15) is 4.79 Å². The topological polar surface area (TPSA) is 44.8 Å². The molecule has 0 atom stereocenters. The second-order valence-corrected chi connectivity index (χ2v) is 8.33. The molecular formula is C25H46O4. The van der Waals surface area contributed by atoms with Gasteiger partial charge in [-0.25, -0.2) is 0 Å². The molecule has 0 N–H and O–H groups in total. The van der Waals surface area contributed by atoms with Gasteiger partial charge in [0.1, 0.15) is 6.10 Å². The van der Waals surface area contributed by atoms with Gasteiger partial charge in [-0.2, -0.15) is 0 Å². The number of hydrogen-bond donors (Lipinski definition) is 0. The number of unbranched alkanes of at least 4 members (excludes halogenated alkanes) is 11. The molecule has 29 heavy (non-hydrogen) atoms. The van der Waals surface area contributed by atoms with Crippen LogP contribution in [0, 0.1) is 0 Å². The maximum absolute atomic E-state index is 11.9. The van der Waals surface area contributed by atoms with Crippen LogP contribution in [0.15, 0.2) is 12.2 Å². The number of allylic oxidation sites excluding steroid dienone is 2. The van der Waals surface area contributed by atoms with Crippen molar-refractivity contribution in [1.82, 2.24) is 0 Å². The van der Waals surface area contributed by atoms with E-state index in [0.29, 0.717) is 19.6 Å². The van der Waals surface area contributed by atoms with Gasteiger partial charge in [-0.15, -0.1) is 0 Å². The van der Waals surface area contributed by atoms with Crippen LogP contribution in [0.25, 0.3) is 0 Å². The fourth-order valence-corrected chi connectivity index (χ4v) is 3.58. The molecule has 0 aliphatic carbocycles.